The standard InChI is InChI=1S/C14H17N5/c1-9-2-4-10(5-3-9)12-13-11-6-7-15-14(11)16-8-19(13)18-17-12/h6-10,15H,2-5H2,1H3. The highest BCUT2D eigenvalue weighted by molar-refractivity contribution is 5.92. The maximum Gasteiger partial charge on any atom is 0.141 e. The Morgan fingerprint density at radius 3 is 2.95 bits per heavy atom. The van der Waals surface area contributed by atoms with Crippen LogP contribution in [-0.4, -0.2) is 24.8 Å². The zero-order valence-corrected chi connectivity index (χ0v) is 11.0. The lowest BCUT2D eigenvalue weighted by atomic mass is 9.81. The molecule has 4 rings (SSSR count). The average Bonchev–Trinajstić information content (AvgIpc) is 3.04. The number of rotatable bonds is 1. The molecule has 5 nitrogen and oxygen atoms in total. The third kappa shape index (κ3) is 1.64. The first kappa shape index (κ1) is 11.0. The Morgan fingerprint density at radius 1 is 1.26 bits per heavy atom. The number of hydrogen-bond acceptors (Lipinski definition) is 3. The average molecular weight is 255 g/mol. The molecule has 98 valence electrons. The van der Waals surface area contributed by atoms with Crippen LogP contribution < -0.4 is 0 Å². The minimum absolute atomic E-state index is 0.550. The fourth-order valence-corrected chi connectivity index (χ4v) is 3.23. The highest BCUT2D eigenvalue weighted by atomic mass is 15.4. The van der Waals surface area contributed by atoms with E-state index in [0.717, 1.165) is 28.2 Å². The van der Waals surface area contributed by atoms with Gasteiger partial charge in [-0.25, -0.2) is 9.50 Å². The highest BCUT2D eigenvalue weighted by Gasteiger charge is 2.25. The predicted molar refractivity (Wildman–Crippen MR) is 73.0 cm³/mol. The van der Waals surface area contributed by atoms with Crippen molar-refractivity contribution >= 4 is 16.6 Å². The molecule has 0 radical (unpaired) electrons. The number of aromatic nitrogens is 5. The molecule has 3 aromatic heterocycles. The number of H-pyrrole nitrogens is 1. The van der Waals surface area contributed by atoms with Crippen LogP contribution in [0.2, 0.25) is 0 Å². The molecule has 1 aliphatic carbocycles. The Morgan fingerprint density at radius 2 is 2.11 bits per heavy atom. The van der Waals surface area contributed by atoms with E-state index < -0.39 is 0 Å². The molecular weight excluding hydrogens is 238 g/mol. The van der Waals surface area contributed by atoms with E-state index >= 15 is 0 Å². The van der Waals surface area contributed by atoms with Gasteiger partial charge < -0.3 is 4.98 Å². The van der Waals surface area contributed by atoms with Crippen molar-refractivity contribution in [3.63, 3.8) is 0 Å². The van der Waals surface area contributed by atoms with E-state index in [1.54, 1.807) is 6.33 Å². The SMILES string of the molecule is CC1CCC(c2nnn3cnc4[nH]ccc4c23)CC1. The number of hydrogen-bond donors (Lipinski definition) is 1. The fraction of sp³-hybridized carbons (Fsp3) is 0.500. The summed E-state index contributed by atoms with van der Waals surface area (Å²) in [4.78, 5) is 7.50. The Bertz CT molecular complexity index is 718. The second-order valence-corrected chi connectivity index (χ2v) is 5.71. The summed E-state index contributed by atoms with van der Waals surface area (Å²) < 4.78 is 1.81. The van der Waals surface area contributed by atoms with Crippen LogP contribution in [0.15, 0.2) is 18.6 Å². The van der Waals surface area contributed by atoms with Crippen LogP contribution in [0.5, 0.6) is 0 Å². The second-order valence-electron chi connectivity index (χ2n) is 5.71. The van der Waals surface area contributed by atoms with Crippen molar-refractivity contribution in [3.05, 3.63) is 24.3 Å². The van der Waals surface area contributed by atoms with Crippen LogP contribution in [0.3, 0.4) is 0 Å². The first-order valence-corrected chi connectivity index (χ1v) is 7.00. The molecule has 1 aliphatic rings. The van der Waals surface area contributed by atoms with Gasteiger partial charge >= 0.3 is 0 Å². The summed E-state index contributed by atoms with van der Waals surface area (Å²) in [6.07, 6.45) is 8.72. The molecule has 0 spiro atoms. The summed E-state index contributed by atoms with van der Waals surface area (Å²) in [5.74, 6) is 1.40. The quantitative estimate of drug-likeness (QED) is 0.727. The first-order valence-electron chi connectivity index (χ1n) is 7.00. The molecule has 0 amide bonds. The Hall–Kier alpha value is -1.91. The van der Waals surface area contributed by atoms with Crippen molar-refractivity contribution < 1.29 is 0 Å². The van der Waals surface area contributed by atoms with Crippen molar-refractivity contribution in [1.82, 2.24) is 24.8 Å². The molecule has 1 saturated carbocycles. The lowest BCUT2D eigenvalue weighted by Gasteiger charge is -2.24. The summed E-state index contributed by atoms with van der Waals surface area (Å²) in [6, 6.07) is 2.07. The normalized spacial score (nSPS) is 24.3. The number of nitrogens with zero attached hydrogens (tertiary/aromatic N) is 4. The molecule has 5 heteroatoms. The van der Waals surface area contributed by atoms with Gasteiger partial charge in [0.15, 0.2) is 0 Å². The van der Waals surface area contributed by atoms with Crippen LogP contribution in [0, 0.1) is 5.92 Å². The van der Waals surface area contributed by atoms with Gasteiger partial charge in [0.05, 0.1) is 5.69 Å². The molecule has 0 aliphatic heterocycles. The van der Waals surface area contributed by atoms with Crippen LogP contribution in [0.4, 0.5) is 0 Å². The van der Waals surface area contributed by atoms with E-state index in [2.05, 4.69) is 33.3 Å². The van der Waals surface area contributed by atoms with Crippen molar-refractivity contribution in [1.29, 1.82) is 0 Å². The maximum atomic E-state index is 4.43. The van der Waals surface area contributed by atoms with Crippen molar-refractivity contribution in [2.24, 2.45) is 5.92 Å². The molecule has 3 heterocycles. The second kappa shape index (κ2) is 4.05. The molecule has 1 fully saturated rings. The number of aromatic amines is 1. The van der Waals surface area contributed by atoms with E-state index in [9.17, 15) is 0 Å². The monoisotopic (exact) mass is 255 g/mol. The van der Waals surface area contributed by atoms with E-state index in [1.807, 2.05) is 10.7 Å². The van der Waals surface area contributed by atoms with E-state index in [1.165, 1.54) is 25.7 Å². The lowest BCUT2D eigenvalue weighted by molar-refractivity contribution is 0.345. The van der Waals surface area contributed by atoms with Crippen LogP contribution >= 0.6 is 0 Å². The van der Waals surface area contributed by atoms with Gasteiger partial charge in [-0.05, 0) is 24.8 Å². The zero-order chi connectivity index (χ0) is 12.8. The predicted octanol–water partition coefficient (Wildman–Crippen LogP) is 2.90. The van der Waals surface area contributed by atoms with Gasteiger partial charge in [-0.15, -0.1) is 5.10 Å². The van der Waals surface area contributed by atoms with Gasteiger partial charge in [-0.2, -0.15) is 0 Å². The van der Waals surface area contributed by atoms with E-state index in [4.69, 9.17) is 0 Å². The maximum absolute atomic E-state index is 4.43. The molecule has 0 unspecified atom stereocenters. The lowest BCUT2D eigenvalue weighted by Crippen LogP contribution is -2.11. The molecule has 0 atom stereocenters. The fourth-order valence-electron chi connectivity index (χ4n) is 3.23. The Kier molecular flexibility index (Phi) is 2.33. The van der Waals surface area contributed by atoms with Crippen molar-refractivity contribution in [3.8, 4) is 0 Å². The molecule has 3 aromatic rings. The third-order valence-electron chi connectivity index (χ3n) is 4.40. The van der Waals surface area contributed by atoms with E-state index in [0.29, 0.717) is 5.92 Å². The molecule has 0 bridgehead atoms. The van der Waals surface area contributed by atoms with Crippen LogP contribution in [-0.2, 0) is 0 Å². The summed E-state index contributed by atoms with van der Waals surface area (Å²) in [6.45, 7) is 2.34. The minimum atomic E-state index is 0.550. The molecule has 19 heavy (non-hydrogen) atoms. The van der Waals surface area contributed by atoms with Crippen LogP contribution in [0.25, 0.3) is 16.6 Å². The smallest absolute Gasteiger partial charge is 0.141 e. The van der Waals surface area contributed by atoms with Gasteiger partial charge in [0, 0.05) is 17.5 Å². The van der Waals surface area contributed by atoms with Crippen molar-refractivity contribution in [2.45, 2.75) is 38.5 Å². The number of nitrogens with one attached hydrogen (secondary N) is 1. The minimum Gasteiger partial charge on any atom is -0.346 e. The van der Waals surface area contributed by atoms with Gasteiger partial charge in [0.25, 0.3) is 0 Å². The molecule has 1 N–H and O–H groups in total. The summed E-state index contributed by atoms with van der Waals surface area (Å²) in [5, 5.41) is 9.79. The first-order chi connectivity index (χ1) is 9.33. The molecule has 0 saturated heterocycles. The van der Waals surface area contributed by atoms with E-state index in [-0.39, 0.29) is 0 Å². The topological polar surface area (TPSA) is 58.9 Å². The largest absolute Gasteiger partial charge is 0.346 e. The number of fused-ring (bicyclic) bond motifs is 3. The highest BCUT2D eigenvalue weighted by Crippen LogP contribution is 2.37. The van der Waals surface area contributed by atoms with Gasteiger partial charge in [0.1, 0.15) is 17.5 Å². The van der Waals surface area contributed by atoms with Gasteiger partial charge in [-0.1, -0.05) is 25.0 Å². The summed E-state index contributed by atoms with van der Waals surface area (Å²) in [7, 11) is 0. The molecular formula is C14H17N5. The van der Waals surface area contributed by atoms with Gasteiger partial charge in [-0.3, -0.25) is 0 Å². The Balaban J connectivity index is 1.87. The molecule has 0 aromatic carbocycles. The van der Waals surface area contributed by atoms with Crippen LogP contribution in [0.1, 0.15) is 44.2 Å². The van der Waals surface area contributed by atoms with Gasteiger partial charge in [0.2, 0.25) is 0 Å². The third-order valence-corrected chi connectivity index (χ3v) is 4.40. The summed E-state index contributed by atoms with van der Waals surface area (Å²) in [5.41, 5.74) is 3.20. The Labute approximate surface area is 111 Å². The zero-order valence-electron chi connectivity index (χ0n) is 11.0. The summed E-state index contributed by atoms with van der Waals surface area (Å²) >= 11 is 0. The van der Waals surface area contributed by atoms with Crippen molar-refractivity contribution in [2.75, 3.05) is 0 Å².